The lowest BCUT2D eigenvalue weighted by molar-refractivity contribution is 0.324. The van der Waals surface area contributed by atoms with Gasteiger partial charge in [0.2, 0.25) is 0 Å². The van der Waals surface area contributed by atoms with Crippen LogP contribution in [-0.2, 0) is 0 Å². The van der Waals surface area contributed by atoms with Crippen LogP contribution in [0.25, 0.3) is 0 Å². The molecule has 1 nitrogen and oxygen atoms in total. The van der Waals surface area contributed by atoms with Crippen LogP contribution in [0.2, 0.25) is 0 Å². The molecule has 1 heterocycles. The standard InChI is InChI=1S/C13H20BrNS/c14-13-9-8-12(16-13)11(15)7-6-10-4-2-1-3-5-10/h8-11H,1-7,15H2. The first-order valence-corrected chi connectivity index (χ1v) is 7.87. The van der Waals surface area contributed by atoms with Crippen molar-refractivity contribution in [3.63, 3.8) is 0 Å². The maximum Gasteiger partial charge on any atom is 0.0701 e. The summed E-state index contributed by atoms with van der Waals surface area (Å²) in [5.41, 5.74) is 6.22. The van der Waals surface area contributed by atoms with E-state index in [9.17, 15) is 0 Å². The zero-order valence-electron chi connectivity index (χ0n) is 9.62. The van der Waals surface area contributed by atoms with Gasteiger partial charge in [0.05, 0.1) is 3.79 Å². The highest BCUT2D eigenvalue weighted by Gasteiger charge is 2.16. The predicted molar refractivity (Wildman–Crippen MR) is 74.8 cm³/mol. The Labute approximate surface area is 111 Å². The van der Waals surface area contributed by atoms with Crippen molar-refractivity contribution >= 4 is 27.3 Å². The summed E-state index contributed by atoms with van der Waals surface area (Å²) in [5, 5.41) is 0. The van der Waals surface area contributed by atoms with Crippen LogP contribution in [0.5, 0.6) is 0 Å². The number of rotatable bonds is 4. The summed E-state index contributed by atoms with van der Waals surface area (Å²) in [4.78, 5) is 1.32. The van der Waals surface area contributed by atoms with E-state index in [2.05, 4.69) is 28.1 Å². The number of halogens is 1. The molecule has 0 aromatic carbocycles. The van der Waals surface area contributed by atoms with Gasteiger partial charge in [0.1, 0.15) is 0 Å². The Kier molecular flexibility index (Phi) is 4.86. The molecule has 1 aromatic rings. The van der Waals surface area contributed by atoms with Crippen LogP contribution in [0.1, 0.15) is 55.9 Å². The lowest BCUT2D eigenvalue weighted by Gasteiger charge is -2.22. The summed E-state index contributed by atoms with van der Waals surface area (Å²) >= 11 is 5.27. The van der Waals surface area contributed by atoms with Crippen LogP contribution >= 0.6 is 27.3 Å². The van der Waals surface area contributed by atoms with E-state index in [1.54, 1.807) is 11.3 Å². The predicted octanol–water partition coefficient (Wildman–Crippen LogP) is 4.87. The van der Waals surface area contributed by atoms with Crippen molar-refractivity contribution in [2.24, 2.45) is 11.7 Å². The molecule has 0 spiro atoms. The van der Waals surface area contributed by atoms with E-state index >= 15 is 0 Å². The molecule has 0 amide bonds. The van der Waals surface area contributed by atoms with Gasteiger partial charge in [-0.3, -0.25) is 0 Å². The molecule has 0 radical (unpaired) electrons. The molecule has 1 atom stereocenters. The van der Waals surface area contributed by atoms with Gasteiger partial charge >= 0.3 is 0 Å². The van der Waals surface area contributed by atoms with E-state index in [1.165, 1.54) is 47.2 Å². The van der Waals surface area contributed by atoms with E-state index in [1.807, 2.05) is 0 Å². The average molecular weight is 302 g/mol. The van der Waals surface area contributed by atoms with E-state index < -0.39 is 0 Å². The normalized spacial score (nSPS) is 19.9. The molecular weight excluding hydrogens is 282 g/mol. The number of thiophene rings is 1. The van der Waals surface area contributed by atoms with Crippen molar-refractivity contribution in [3.8, 4) is 0 Å². The van der Waals surface area contributed by atoms with E-state index in [0.717, 1.165) is 12.3 Å². The third-order valence-corrected chi connectivity index (χ3v) is 5.33. The summed E-state index contributed by atoms with van der Waals surface area (Å²) in [5.74, 6) is 0.947. The molecule has 0 bridgehead atoms. The quantitative estimate of drug-likeness (QED) is 0.843. The highest BCUT2D eigenvalue weighted by molar-refractivity contribution is 9.11. The van der Waals surface area contributed by atoms with Gasteiger partial charge in [-0.15, -0.1) is 11.3 Å². The lowest BCUT2D eigenvalue weighted by Crippen LogP contribution is -2.13. The molecule has 1 aliphatic carbocycles. The smallest absolute Gasteiger partial charge is 0.0701 e. The monoisotopic (exact) mass is 301 g/mol. The fraction of sp³-hybridized carbons (Fsp3) is 0.692. The minimum atomic E-state index is 0.248. The second-order valence-corrected chi connectivity index (χ2v) is 7.32. The third-order valence-electron chi connectivity index (χ3n) is 3.57. The van der Waals surface area contributed by atoms with Gasteiger partial charge in [-0.1, -0.05) is 32.1 Å². The molecule has 1 aliphatic rings. The van der Waals surface area contributed by atoms with Gasteiger partial charge in [0.25, 0.3) is 0 Å². The molecule has 2 N–H and O–H groups in total. The van der Waals surface area contributed by atoms with Crippen molar-refractivity contribution < 1.29 is 0 Å². The second-order valence-electron chi connectivity index (χ2n) is 4.83. The SMILES string of the molecule is NC(CCC1CCCCC1)c1ccc(Br)s1. The summed E-state index contributed by atoms with van der Waals surface area (Å²) in [6.45, 7) is 0. The van der Waals surface area contributed by atoms with Gasteiger partial charge in [-0.25, -0.2) is 0 Å². The van der Waals surface area contributed by atoms with Crippen molar-refractivity contribution in [2.45, 2.75) is 51.0 Å². The fourth-order valence-electron chi connectivity index (χ4n) is 2.56. The van der Waals surface area contributed by atoms with Crippen molar-refractivity contribution in [3.05, 3.63) is 20.8 Å². The first kappa shape index (κ1) is 12.6. The van der Waals surface area contributed by atoms with Crippen molar-refractivity contribution in [2.75, 3.05) is 0 Å². The van der Waals surface area contributed by atoms with Crippen LogP contribution in [0, 0.1) is 5.92 Å². The van der Waals surface area contributed by atoms with Crippen LogP contribution in [-0.4, -0.2) is 0 Å². The number of hydrogen-bond donors (Lipinski definition) is 1. The molecule has 0 saturated heterocycles. The fourth-order valence-corrected chi connectivity index (χ4v) is 4.02. The Balaban J connectivity index is 1.76. The maximum absolute atomic E-state index is 6.22. The maximum atomic E-state index is 6.22. The Hall–Kier alpha value is 0.140. The number of hydrogen-bond acceptors (Lipinski definition) is 2. The van der Waals surface area contributed by atoms with E-state index in [-0.39, 0.29) is 6.04 Å². The van der Waals surface area contributed by atoms with Gasteiger partial charge in [0, 0.05) is 10.9 Å². The first-order valence-electron chi connectivity index (χ1n) is 6.26. The summed E-state index contributed by atoms with van der Waals surface area (Å²) in [6.07, 6.45) is 9.64. The molecule has 1 saturated carbocycles. The van der Waals surface area contributed by atoms with Gasteiger partial charge in [-0.05, 0) is 46.8 Å². The van der Waals surface area contributed by atoms with Crippen LogP contribution < -0.4 is 5.73 Å². The topological polar surface area (TPSA) is 26.0 Å². The largest absolute Gasteiger partial charge is 0.323 e. The molecule has 1 fully saturated rings. The minimum Gasteiger partial charge on any atom is -0.323 e. The zero-order chi connectivity index (χ0) is 11.4. The Morgan fingerprint density at radius 2 is 2.06 bits per heavy atom. The molecule has 0 aliphatic heterocycles. The second kappa shape index (κ2) is 6.18. The molecule has 1 unspecified atom stereocenters. The van der Waals surface area contributed by atoms with Crippen LogP contribution in [0.15, 0.2) is 15.9 Å². The van der Waals surface area contributed by atoms with Crippen molar-refractivity contribution in [1.29, 1.82) is 0 Å². The number of nitrogens with two attached hydrogens (primary N) is 1. The Bertz CT molecular complexity index is 317. The molecule has 1 aromatic heterocycles. The lowest BCUT2D eigenvalue weighted by atomic mass is 9.85. The Morgan fingerprint density at radius 1 is 1.31 bits per heavy atom. The van der Waals surface area contributed by atoms with E-state index in [0.29, 0.717) is 0 Å². The first-order chi connectivity index (χ1) is 7.75. The highest BCUT2D eigenvalue weighted by Crippen LogP contribution is 2.32. The zero-order valence-corrected chi connectivity index (χ0v) is 12.0. The average Bonchev–Trinajstić information content (AvgIpc) is 2.74. The van der Waals surface area contributed by atoms with Crippen molar-refractivity contribution in [1.82, 2.24) is 0 Å². The molecule has 90 valence electrons. The summed E-state index contributed by atoms with van der Waals surface area (Å²) in [6, 6.07) is 4.50. The summed E-state index contributed by atoms with van der Waals surface area (Å²) in [7, 11) is 0. The molecule has 16 heavy (non-hydrogen) atoms. The van der Waals surface area contributed by atoms with Crippen LogP contribution in [0.3, 0.4) is 0 Å². The third kappa shape index (κ3) is 3.57. The van der Waals surface area contributed by atoms with Gasteiger partial charge in [0.15, 0.2) is 0 Å². The van der Waals surface area contributed by atoms with Gasteiger partial charge in [-0.2, -0.15) is 0 Å². The highest BCUT2D eigenvalue weighted by atomic mass is 79.9. The molecule has 3 heteroatoms. The molecule has 2 rings (SSSR count). The Morgan fingerprint density at radius 3 is 2.69 bits per heavy atom. The van der Waals surface area contributed by atoms with E-state index in [4.69, 9.17) is 5.73 Å². The summed E-state index contributed by atoms with van der Waals surface area (Å²) < 4.78 is 1.19. The van der Waals surface area contributed by atoms with Gasteiger partial charge < -0.3 is 5.73 Å². The van der Waals surface area contributed by atoms with Crippen LogP contribution in [0.4, 0.5) is 0 Å². The minimum absolute atomic E-state index is 0.248. The molecular formula is C13H20BrNS.